The van der Waals surface area contributed by atoms with Gasteiger partial charge in [0, 0.05) is 0 Å². The van der Waals surface area contributed by atoms with Crippen LogP contribution in [0.5, 0.6) is 0 Å². The maximum atomic E-state index is 6.57. The van der Waals surface area contributed by atoms with Crippen molar-refractivity contribution in [3.8, 4) is 0 Å². The number of rotatable bonds is 10. The summed E-state index contributed by atoms with van der Waals surface area (Å²) in [6, 6.07) is 2.41. The van der Waals surface area contributed by atoms with E-state index in [2.05, 4.69) is 51.5 Å². The van der Waals surface area contributed by atoms with Crippen LogP contribution in [0.3, 0.4) is 0 Å². The first-order valence-electron chi connectivity index (χ1n) is 6.92. The minimum absolute atomic E-state index is 1.20. The third kappa shape index (κ3) is 6.39. The van der Waals surface area contributed by atoms with Gasteiger partial charge >= 0.3 is 0 Å². The van der Waals surface area contributed by atoms with E-state index in [-0.39, 0.29) is 0 Å². The molecule has 0 radical (unpaired) electrons. The standard InChI is InChI=1S/C14H30OSi2/c1-7-11-13-16(5,9-3)15-17(6,10-4)14-12-8-2/h9-10H,3-4,7-8,11-14H2,1-2,5-6H3. The normalized spacial score (nSPS) is 18.1. The largest absolute Gasteiger partial charge is 0.449 e. The van der Waals surface area contributed by atoms with E-state index in [4.69, 9.17) is 4.12 Å². The van der Waals surface area contributed by atoms with Crippen LogP contribution in [0.4, 0.5) is 0 Å². The van der Waals surface area contributed by atoms with Crippen LogP contribution >= 0.6 is 0 Å². The minimum atomic E-state index is -1.70. The van der Waals surface area contributed by atoms with E-state index in [1.54, 1.807) is 0 Å². The van der Waals surface area contributed by atoms with E-state index in [0.717, 1.165) is 0 Å². The molecular formula is C14H30OSi2. The highest BCUT2D eigenvalue weighted by atomic mass is 28.4. The van der Waals surface area contributed by atoms with E-state index in [1.165, 1.54) is 37.8 Å². The molecule has 1 nitrogen and oxygen atoms in total. The first-order valence-corrected chi connectivity index (χ1v) is 12.3. The van der Waals surface area contributed by atoms with E-state index in [1.807, 2.05) is 0 Å². The second-order valence-electron chi connectivity index (χ2n) is 5.34. The summed E-state index contributed by atoms with van der Waals surface area (Å²) in [6.07, 6.45) is 4.98. The predicted octanol–water partition coefficient (Wildman–Crippen LogP) is 5.20. The molecule has 0 bridgehead atoms. The van der Waals surface area contributed by atoms with Crippen molar-refractivity contribution in [2.24, 2.45) is 0 Å². The van der Waals surface area contributed by atoms with Gasteiger partial charge in [0.2, 0.25) is 16.6 Å². The molecule has 0 N–H and O–H groups in total. The Bertz CT molecular complexity index is 218. The Hall–Kier alpha value is -0.126. The third-order valence-electron chi connectivity index (χ3n) is 3.38. The molecule has 0 saturated heterocycles. The average molecular weight is 271 g/mol. The predicted molar refractivity (Wildman–Crippen MR) is 84.1 cm³/mol. The van der Waals surface area contributed by atoms with Gasteiger partial charge in [0.1, 0.15) is 0 Å². The molecule has 0 aromatic carbocycles. The zero-order valence-corrected chi connectivity index (χ0v) is 14.2. The molecule has 2 unspecified atom stereocenters. The van der Waals surface area contributed by atoms with Crippen molar-refractivity contribution in [3.05, 3.63) is 24.6 Å². The van der Waals surface area contributed by atoms with Crippen LogP contribution < -0.4 is 0 Å². The second kappa shape index (κ2) is 8.06. The van der Waals surface area contributed by atoms with Gasteiger partial charge in [-0.1, -0.05) is 50.9 Å². The fourth-order valence-electron chi connectivity index (χ4n) is 1.98. The molecule has 0 heterocycles. The van der Waals surface area contributed by atoms with Crippen LogP contribution in [0.2, 0.25) is 25.2 Å². The highest BCUT2D eigenvalue weighted by molar-refractivity contribution is 6.90. The zero-order chi connectivity index (χ0) is 13.4. The van der Waals surface area contributed by atoms with Gasteiger partial charge < -0.3 is 4.12 Å². The third-order valence-corrected chi connectivity index (χ3v) is 11.5. The Morgan fingerprint density at radius 1 is 0.882 bits per heavy atom. The lowest BCUT2D eigenvalue weighted by molar-refractivity contribution is 0.540. The van der Waals surface area contributed by atoms with Gasteiger partial charge in [-0.25, -0.2) is 0 Å². The molecule has 100 valence electrons. The minimum Gasteiger partial charge on any atom is -0.449 e. The summed E-state index contributed by atoms with van der Waals surface area (Å²) in [5.74, 6) is 0. The molecule has 0 rings (SSSR count). The SMILES string of the molecule is C=C[Si](C)(CCCC)O[Si](C)(C=C)CCCC. The first-order chi connectivity index (χ1) is 7.95. The van der Waals surface area contributed by atoms with E-state index in [0.29, 0.717) is 0 Å². The van der Waals surface area contributed by atoms with Gasteiger partial charge in [0.05, 0.1) is 0 Å². The Labute approximate surface area is 110 Å². The highest BCUT2D eigenvalue weighted by Crippen LogP contribution is 2.26. The number of hydrogen-bond donors (Lipinski definition) is 0. The summed E-state index contributed by atoms with van der Waals surface area (Å²) in [7, 11) is -3.39. The van der Waals surface area contributed by atoms with Crippen molar-refractivity contribution in [1.29, 1.82) is 0 Å². The Morgan fingerprint density at radius 2 is 1.24 bits per heavy atom. The van der Waals surface area contributed by atoms with Crippen molar-refractivity contribution in [3.63, 3.8) is 0 Å². The topological polar surface area (TPSA) is 9.23 Å². The lowest BCUT2D eigenvalue weighted by Gasteiger charge is -2.35. The summed E-state index contributed by atoms with van der Waals surface area (Å²) >= 11 is 0. The molecule has 0 fully saturated rings. The molecule has 17 heavy (non-hydrogen) atoms. The molecule has 3 heteroatoms. The van der Waals surface area contributed by atoms with Crippen LogP contribution in [-0.2, 0) is 4.12 Å². The van der Waals surface area contributed by atoms with Crippen molar-refractivity contribution in [2.45, 2.75) is 64.7 Å². The molecule has 0 spiro atoms. The maximum Gasteiger partial charge on any atom is 0.201 e. The van der Waals surface area contributed by atoms with Gasteiger partial charge in [-0.3, -0.25) is 0 Å². The first kappa shape index (κ1) is 16.9. The quantitative estimate of drug-likeness (QED) is 0.496. The van der Waals surface area contributed by atoms with Crippen molar-refractivity contribution in [1.82, 2.24) is 0 Å². The molecule has 0 amide bonds. The number of unbranched alkanes of at least 4 members (excludes halogenated alkanes) is 2. The molecule has 0 saturated carbocycles. The number of hydrogen-bond acceptors (Lipinski definition) is 1. The monoisotopic (exact) mass is 270 g/mol. The second-order valence-corrected chi connectivity index (χ2v) is 13.2. The van der Waals surface area contributed by atoms with Gasteiger partial charge in [-0.15, -0.1) is 13.2 Å². The fourth-order valence-corrected chi connectivity index (χ4v) is 10.2. The summed E-state index contributed by atoms with van der Waals surface area (Å²) in [6.45, 7) is 17.1. The van der Waals surface area contributed by atoms with E-state index >= 15 is 0 Å². The van der Waals surface area contributed by atoms with Crippen LogP contribution in [0.1, 0.15) is 39.5 Å². The van der Waals surface area contributed by atoms with Crippen LogP contribution in [0, 0.1) is 0 Å². The van der Waals surface area contributed by atoms with Crippen LogP contribution in [0.25, 0.3) is 0 Å². The molecule has 2 atom stereocenters. The molecule has 0 aromatic rings. The van der Waals surface area contributed by atoms with E-state index in [9.17, 15) is 0 Å². The Morgan fingerprint density at radius 3 is 1.47 bits per heavy atom. The summed E-state index contributed by atoms with van der Waals surface area (Å²) in [5, 5.41) is 0. The van der Waals surface area contributed by atoms with Crippen molar-refractivity contribution >= 4 is 16.6 Å². The highest BCUT2D eigenvalue weighted by Gasteiger charge is 2.34. The van der Waals surface area contributed by atoms with Gasteiger partial charge in [0.25, 0.3) is 0 Å². The Kier molecular flexibility index (Phi) is 8.00. The van der Waals surface area contributed by atoms with Crippen molar-refractivity contribution in [2.75, 3.05) is 0 Å². The summed E-state index contributed by atoms with van der Waals surface area (Å²) in [4.78, 5) is 0. The Balaban J connectivity index is 4.58. The molecule has 0 aliphatic heterocycles. The molecule has 0 aromatic heterocycles. The van der Waals surface area contributed by atoms with Gasteiger partial charge in [-0.2, -0.15) is 0 Å². The zero-order valence-electron chi connectivity index (χ0n) is 12.2. The lowest BCUT2D eigenvalue weighted by atomic mass is 10.4. The summed E-state index contributed by atoms with van der Waals surface area (Å²) < 4.78 is 6.57. The maximum absolute atomic E-state index is 6.57. The fraction of sp³-hybridized carbons (Fsp3) is 0.714. The molecule has 0 aliphatic rings. The van der Waals surface area contributed by atoms with Crippen LogP contribution in [0.15, 0.2) is 24.6 Å². The van der Waals surface area contributed by atoms with Gasteiger partial charge in [-0.05, 0) is 25.2 Å². The van der Waals surface area contributed by atoms with Crippen molar-refractivity contribution < 1.29 is 4.12 Å². The van der Waals surface area contributed by atoms with Crippen LogP contribution in [-0.4, -0.2) is 16.6 Å². The molecule has 0 aliphatic carbocycles. The van der Waals surface area contributed by atoms with Gasteiger partial charge in [0.15, 0.2) is 0 Å². The summed E-state index contributed by atoms with van der Waals surface area (Å²) in [5.41, 5.74) is 4.23. The smallest absolute Gasteiger partial charge is 0.201 e. The average Bonchev–Trinajstić information content (AvgIpc) is 2.34. The lowest BCUT2D eigenvalue weighted by Crippen LogP contribution is -2.46. The van der Waals surface area contributed by atoms with E-state index < -0.39 is 16.6 Å². The molecular weight excluding hydrogens is 240 g/mol.